The molecule has 1 aliphatic heterocycles. The average Bonchev–Trinajstić information content (AvgIpc) is 3.45. The molecule has 2 amide bonds. The third-order valence-corrected chi connectivity index (χ3v) is 8.06. The van der Waals surface area contributed by atoms with Crippen molar-refractivity contribution in [2.75, 3.05) is 43.1 Å². The molecule has 1 saturated heterocycles. The summed E-state index contributed by atoms with van der Waals surface area (Å²) in [6.45, 7) is 2.50. The lowest BCUT2D eigenvalue weighted by atomic mass is 10.3. The number of hydrogen-bond donors (Lipinski definition) is 2. The van der Waals surface area contributed by atoms with Gasteiger partial charge in [0.2, 0.25) is 11.8 Å². The molecule has 1 fully saturated rings. The monoisotopic (exact) mass is 499 g/mol. The number of hydrogen-bond acceptors (Lipinski definition) is 8. The molecular formula is C22H21N5O3S3. The van der Waals surface area contributed by atoms with Crippen LogP contribution in [0.25, 0.3) is 21.3 Å². The lowest BCUT2D eigenvalue weighted by molar-refractivity contribution is -0.132. The summed E-state index contributed by atoms with van der Waals surface area (Å²) in [6.07, 6.45) is 0. The molecule has 0 unspecified atom stereocenters. The van der Waals surface area contributed by atoms with E-state index in [1.165, 1.54) is 34.9 Å². The molecule has 4 aromatic rings. The SMILES string of the molecule is O=C(CSc1nc2ccccc2[nH]1)Nc1ccc2nc(SCC(=O)N3CCOCC3)sc2c1. The molecule has 0 saturated carbocycles. The van der Waals surface area contributed by atoms with Crippen molar-refractivity contribution in [2.45, 2.75) is 9.50 Å². The molecule has 0 spiro atoms. The zero-order valence-electron chi connectivity index (χ0n) is 17.6. The number of anilines is 1. The number of aromatic amines is 1. The third-order valence-electron chi connectivity index (χ3n) is 5.04. The van der Waals surface area contributed by atoms with Crippen LogP contribution in [0.4, 0.5) is 5.69 Å². The minimum absolute atomic E-state index is 0.102. The molecule has 11 heteroatoms. The molecule has 2 aromatic heterocycles. The van der Waals surface area contributed by atoms with Crippen molar-refractivity contribution >= 4 is 73.6 Å². The summed E-state index contributed by atoms with van der Waals surface area (Å²) in [5.74, 6) is 0.626. The van der Waals surface area contributed by atoms with E-state index in [-0.39, 0.29) is 17.6 Å². The van der Waals surface area contributed by atoms with Gasteiger partial charge in [-0.15, -0.1) is 11.3 Å². The van der Waals surface area contributed by atoms with E-state index in [0.29, 0.717) is 32.1 Å². The van der Waals surface area contributed by atoms with E-state index in [1.807, 2.05) is 47.4 Å². The Morgan fingerprint density at radius 3 is 2.76 bits per heavy atom. The lowest BCUT2D eigenvalue weighted by Crippen LogP contribution is -2.41. The van der Waals surface area contributed by atoms with Gasteiger partial charge in [-0.2, -0.15) is 0 Å². The van der Waals surface area contributed by atoms with Gasteiger partial charge in [-0.3, -0.25) is 9.59 Å². The predicted octanol–water partition coefficient (Wildman–Crippen LogP) is 3.85. The van der Waals surface area contributed by atoms with Crippen LogP contribution < -0.4 is 5.32 Å². The number of para-hydroxylation sites is 2. The molecule has 0 radical (unpaired) electrons. The highest BCUT2D eigenvalue weighted by Crippen LogP contribution is 2.31. The van der Waals surface area contributed by atoms with E-state index in [0.717, 1.165) is 36.4 Å². The van der Waals surface area contributed by atoms with Crippen molar-refractivity contribution in [3.05, 3.63) is 42.5 Å². The predicted molar refractivity (Wildman–Crippen MR) is 133 cm³/mol. The topological polar surface area (TPSA) is 100 Å². The number of thioether (sulfide) groups is 2. The van der Waals surface area contributed by atoms with Gasteiger partial charge >= 0.3 is 0 Å². The first-order valence-corrected chi connectivity index (χ1v) is 13.2. The van der Waals surface area contributed by atoms with E-state index in [9.17, 15) is 9.59 Å². The number of benzene rings is 2. The number of nitrogens with one attached hydrogen (secondary N) is 2. The number of nitrogens with zero attached hydrogens (tertiary/aromatic N) is 3. The Morgan fingerprint density at radius 2 is 1.91 bits per heavy atom. The summed E-state index contributed by atoms with van der Waals surface area (Å²) in [6, 6.07) is 13.4. The highest BCUT2D eigenvalue weighted by molar-refractivity contribution is 8.01. The number of fused-ring (bicyclic) bond motifs is 2. The fraction of sp³-hybridized carbons (Fsp3) is 0.273. The number of H-pyrrole nitrogens is 1. The van der Waals surface area contributed by atoms with Crippen LogP contribution in [0.15, 0.2) is 52.0 Å². The fourth-order valence-corrected chi connectivity index (χ4v) is 6.09. The molecule has 1 aliphatic rings. The van der Waals surface area contributed by atoms with Gasteiger partial charge in [0.05, 0.1) is 46.0 Å². The lowest BCUT2D eigenvalue weighted by Gasteiger charge is -2.26. The summed E-state index contributed by atoms with van der Waals surface area (Å²) in [4.78, 5) is 38.9. The molecule has 170 valence electrons. The molecule has 0 aliphatic carbocycles. The number of aromatic nitrogens is 3. The molecule has 8 nitrogen and oxygen atoms in total. The maximum Gasteiger partial charge on any atom is 0.234 e. The number of morpholine rings is 1. The van der Waals surface area contributed by atoms with Crippen LogP contribution in [0.5, 0.6) is 0 Å². The van der Waals surface area contributed by atoms with Crippen molar-refractivity contribution in [1.29, 1.82) is 0 Å². The van der Waals surface area contributed by atoms with E-state index in [1.54, 1.807) is 0 Å². The fourth-order valence-electron chi connectivity index (χ4n) is 3.40. The van der Waals surface area contributed by atoms with E-state index in [4.69, 9.17) is 4.74 Å². The zero-order valence-corrected chi connectivity index (χ0v) is 20.0. The summed E-state index contributed by atoms with van der Waals surface area (Å²) in [5, 5.41) is 3.66. The van der Waals surface area contributed by atoms with Crippen molar-refractivity contribution in [3.63, 3.8) is 0 Å². The second kappa shape index (κ2) is 10.1. The van der Waals surface area contributed by atoms with E-state index in [2.05, 4.69) is 20.3 Å². The van der Waals surface area contributed by atoms with Gasteiger partial charge in [0.15, 0.2) is 9.50 Å². The van der Waals surface area contributed by atoms with Crippen molar-refractivity contribution in [2.24, 2.45) is 0 Å². The van der Waals surface area contributed by atoms with Gasteiger partial charge < -0.3 is 19.9 Å². The molecular weight excluding hydrogens is 478 g/mol. The molecule has 0 atom stereocenters. The Balaban J connectivity index is 1.16. The van der Waals surface area contributed by atoms with Crippen LogP contribution in [0.2, 0.25) is 0 Å². The maximum atomic E-state index is 12.4. The Labute approximate surface area is 202 Å². The van der Waals surface area contributed by atoms with Gasteiger partial charge in [0.1, 0.15) is 0 Å². The first-order valence-electron chi connectivity index (χ1n) is 10.4. The molecule has 33 heavy (non-hydrogen) atoms. The summed E-state index contributed by atoms with van der Waals surface area (Å²) >= 11 is 4.34. The molecule has 0 bridgehead atoms. The highest BCUT2D eigenvalue weighted by Gasteiger charge is 2.18. The van der Waals surface area contributed by atoms with Gasteiger partial charge in [0, 0.05) is 18.8 Å². The van der Waals surface area contributed by atoms with E-state index < -0.39 is 0 Å². The van der Waals surface area contributed by atoms with Crippen molar-refractivity contribution in [3.8, 4) is 0 Å². The minimum atomic E-state index is -0.102. The van der Waals surface area contributed by atoms with Gasteiger partial charge in [0.25, 0.3) is 0 Å². The Morgan fingerprint density at radius 1 is 1.06 bits per heavy atom. The number of ether oxygens (including phenoxy) is 1. The quantitative estimate of drug-likeness (QED) is 0.373. The minimum Gasteiger partial charge on any atom is -0.378 e. The number of carbonyl (C=O) groups is 2. The Kier molecular flexibility index (Phi) is 6.81. The van der Waals surface area contributed by atoms with Crippen LogP contribution in [0, 0.1) is 0 Å². The highest BCUT2D eigenvalue weighted by atomic mass is 32.2. The maximum absolute atomic E-state index is 12.4. The average molecular weight is 500 g/mol. The van der Waals surface area contributed by atoms with Gasteiger partial charge in [-0.05, 0) is 30.3 Å². The Bertz CT molecular complexity index is 1270. The molecule has 5 rings (SSSR count). The summed E-state index contributed by atoms with van der Waals surface area (Å²) in [7, 11) is 0. The smallest absolute Gasteiger partial charge is 0.234 e. The van der Waals surface area contributed by atoms with Crippen molar-refractivity contribution < 1.29 is 14.3 Å². The van der Waals surface area contributed by atoms with E-state index >= 15 is 0 Å². The van der Waals surface area contributed by atoms with Crippen LogP contribution in [0.1, 0.15) is 0 Å². The largest absolute Gasteiger partial charge is 0.378 e. The Hall–Kier alpha value is -2.60. The van der Waals surface area contributed by atoms with Crippen LogP contribution in [0.3, 0.4) is 0 Å². The second-order valence-electron chi connectivity index (χ2n) is 7.34. The summed E-state index contributed by atoms with van der Waals surface area (Å²) < 4.78 is 7.11. The number of amides is 2. The van der Waals surface area contributed by atoms with Gasteiger partial charge in [-0.25, -0.2) is 9.97 Å². The van der Waals surface area contributed by atoms with Crippen LogP contribution in [-0.2, 0) is 14.3 Å². The zero-order chi connectivity index (χ0) is 22.6. The first kappa shape index (κ1) is 22.2. The number of rotatable bonds is 7. The normalized spacial score (nSPS) is 14.1. The molecule has 3 heterocycles. The van der Waals surface area contributed by atoms with Crippen molar-refractivity contribution in [1.82, 2.24) is 19.9 Å². The van der Waals surface area contributed by atoms with Crippen LogP contribution >= 0.6 is 34.9 Å². The number of carbonyl (C=O) groups excluding carboxylic acids is 2. The number of imidazole rings is 1. The molecule has 2 N–H and O–H groups in total. The standard InChI is InChI=1S/C22H21N5O3S3/c28-19(12-31-21-24-15-3-1-2-4-16(15)25-21)23-14-5-6-17-18(11-14)33-22(26-17)32-13-20(29)27-7-9-30-10-8-27/h1-6,11H,7-10,12-13H2,(H,23,28)(H,24,25). The first-order chi connectivity index (χ1) is 16.1. The number of thiazole rings is 1. The summed E-state index contributed by atoms with van der Waals surface area (Å²) in [5.41, 5.74) is 3.42. The second-order valence-corrected chi connectivity index (χ2v) is 10.6. The molecule has 2 aromatic carbocycles. The van der Waals surface area contributed by atoms with Gasteiger partial charge in [-0.1, -0.05) is 35.7 Å². The van der Waals surface area contributed by atoms with Crippen LogP contribution in [-0.4, -0.2) is 69.5 Å². The third kappa shape index (κ3) is 5.49.